The lowest BCUT2D eigenvalue weighted by Crippen LogP contribution is -2.17. The van der Waals surface area contributed by atoms with E-state index in [-0.39, 0.29) is 5.41 Å². The van der Waals surface area contributed by atoms with Gasteiger partial charge in [-0.2, -0.15) is 0 Å². The quantitative estimate of drug-likeness (QED) is 0.245. The van der Waals surface area contributed by atoms with Crippen LogP contribution in [0, 0.1) is 0 Å². The van der Waals surface area contributed by atoms with Crippen molar-refractivity contribution in [2.45, 2.75) is 157 Å². The fourth-order valence-corrected chi connectivity index (χ4v) is 5.57. The molecule has 0 aliphatic heterocycles. The van der Waals surface area contributed by atoms with Crippen molar-refractivity contribution >= 4 is 0 Å². The highest BCUT2D eigenvalue weighted by atomic mass is 14.3. The fourth-order valence-electron chi connectivity index (χ4n) is 5.57. The predicted molar refractivity (Wildman–Crippen MR) is 163 cm³/mol. The van der Waals surface area contributed by atoms with E-state index in [2.05, 4.69) is 106 Å². The van der Waals surface area contributed by atoms with Gasteiger partial charge in [0.25, 0.3) is 0 Å². The van der Waals surface area contributed by atoms with Gasteiger partial charge in [0.05, 0.1) is 0 Å². The average molecular weight is 491 g/mol. The van der Waals surface area contributed by atoms with Crippen LogP contribution in [0.2, 0.25) is 0 Å². The first kappa shape index (κ1) is 30.7. The van der Waals surface area contributed by atoms with Crippen LogP contribution in [-0.4, -0.2) is 0 Å². The predicted octanol–water partition coefficient (Wildman–Crippen LogP) is 11.6. The van der Waals surface area contributed by atoms with Crippen LogP contribution in [0.1, 0.15) is 177 Å². The number of hydrogen-bond donors (Lipinski definition) is 0. The van der Waals surface area contributed by atoms with E-state index in [9.17, 15) is 0 Å². The standard InChI is InChI=1S/C36H58/c1-12-25(5)29-20-21-32(26(6)13-2)30(22-29)18-16-17-19-31-23-34(28(8)15-4)35(36(9,10)11)24-33(31)27(7)14-3/h20-28H,12-19H2,1-11H3. The molecule has 36 heavy (non-hydrogen) atoms. The molecule has 4 unspecified atom stereocenters. The maximum absolute atomic E-state index is 2.62. The van der Waals surface area contributed by atoms with Gasteiger partial charge in [0.1, 0.15) is 0 Å². The van der Waals surface area contributed by atoms with Gasteiger partial charge in [0.2, 0.25) is 0 Å². The van der Waals surface area contributed by atoms with Crippen molar-refractivity contribution in [3.8, 4) is 0 Å². The SMILES string of the molecule is CCC(C)c1ccc(C(C)CC)c(CCCCc2cc(C(C)CC)c(C(C)(C)C)cc2C(C)CC)c1. The summed E-state index contributed by atoms with van der Waals surface area (Å²) in [5, 5.41) is 0. The largest absolute Gasteiger partial charge is 0.0648 e. The van der Waals surface area contributed by atoms with Gasteiger partial charge in [-0.1, -0.05) is 106 Å². The molecule has 0 aliphatic rings. The molecule has 0 saturated carbocycles. The van der Waals surface area contributed by atoms with Gasteiger partial charge in [0.15, 0.2) is 0 Å². The summed E-state index contributed by atoms with van der Waals surface area (Å²) in [7, 11) is 0. The van der Waals surface area contributed by atoms with Crippen molar-refractivity contribution in [1.82, 2.24) is 0 Å². The van der Waals surface area contributed by atoms with Crippen LogP contribution in [0.3, 0.4) is 0 Å². The maximum Gasteiger partial charge on any atom is -0.0129 e. The van der Waals surface area contributed by atoms with Crippen molar-refractivity contribution in [1.29, 1.82) is 0 Å². The lowest BCUT2D eigenvalue weighted by atomic mass is 9.76. The Morgan fingerprint density at radius 2 is 1.03 bits per heavy atom. The Morgan fingerprint density at radius 1 is 0.556 bits per heavy atom. The van der Waals surface area contributed by atoms with E-state index in [4.69, 9.17) is 0 Å². The van der Waals surface area contributed by atoms with Crippen LogP contribution < -0.4 is 0 Å². The first-order chi connectivity index (χ1) is 17.0. The van der Waals surface area contributed by atoms with E-state index in [1.807, 2.05) is 0 Å². The fraction of sp³-hybridized carbons (Fsp3) is 0.667. The van der Waals surface area contributed by atoms with Crippen LogP contribution >= 0.6 is 0 Å². The van der Waals surface area contributed by atoms with Gasteiger partial charge < -0.3 is 0 Å². The van der Waals surface area contributed by atoms with E-state index < -0.39 is 0 Å². The Hall–Kier alpha value is -1.56. The molecule has 4 atom stereocenters. The van der Waals surface area contributed by atoms with E-state index >= 15 is 0 Å². The third kappa shape index (κ3) is 7.72. The molecule has 0 bridgehead atoms. The molecule has 0 radical (unpaired) electrons. The Bertz CT molecular complexity index is 941. The average Bonchev–Trinajstić information content (AvgIpc) is 2.87. The molecule has 0 spiro atoms. The molecule has 202 valence electrons. The lowest BCUT2D eigenvalue weighted by Gasteiger charge is -2.29. The molecule has 0 N–H and O–H groups in total. The summed E-state index contributed by atoms with van der Waals surface area (Å²) in [4.78, 5) is 0. The zero-order valence-electron chi connectivity index (χ0n) is 25.9. The van der Waals surface area contributed by atoms with Crippen LogP contribution in [-0.2, 0) is 18.3 Å². The maximum atomic E-state index is 2.62. The molecule has 0 amide bonds. The molecular weight excluding hydrogens is 432 g/mol. The van der Waals surface area contributed by atoms with E-state index in [1.165, 1.54) is 56.9 Å². The Morgan fingerprint density at radius 3 is 1.53 bits per heavy atom. The van der Waals surface area contributed by atoms with Crippen LogP contribution in [0.25, 0.3) is 0 Å². The lowest BCUT2D eigenvalue weighted by molar-refractivity contribution is 0.565. The molecule has 0 fully saturated rings. The number of unbranched alkanes of at least 4 members (excludes halogenated alkanes) is 1. The van der Waals surface area contributed by atoms with E-state index in [1.54, 1.807) is 33.4 Å². The molecule has 2 rings (SSSR count). The van der Waals surface area contributed by atoms with Crippen LogP contribution in [0.15, 0.2) is 30.3 Å². The van der Waals surface area contributed by atoms with Crippen molar-refractivity contribution in [2.75, 3.05) is 0 Å². The van der Waals surface area contributed by atoms with Crippen molar-refractivity contribution in [3.05, 3.63) is 69.3 Å². The smallest absolute Gasteiger partial charge is 0.0129 e. The molecular formula is C36H58. The van der Waals surface area contributed by atoms with E-state index in [0.29, 0.717) is 23.7 Å². The number of rotatable bonds is 13. The van der Waals surface area contributed by atoms with Crippen LogP contribution in [0.5, 0.6) is 0 Å². The second-order valence-corrected chi connectivity index (χ2v) is 12.8. The molecule has 0 aromatic heterocycles. The molecule has 0 heteroatoms. The van der Waals surface area contributed by atoms with Crippen LogP contribution in [0.4, 0.5) is 0 Å². The zero-order chi connectivity index (χ0) is 27.0. The number of hydrogen-bond acceptors (Lipinski definition) is 0. The molecule has 2 aromatic rings. The third-order valence-corrected chi connectivity index (χ3v) is 9.04. The molecule has 0 saturated heterocycles. The minimum atomic E-state index is 0.187. The Kier molecular flexibility index (Phi) is 11.8. The van der Waals surface area contributed by atoms with Crippen molar-refractivity contribution in [3.63, 3.8) is 0 Å². The summed E-state index contributed by atoms with van der Waals surface area (Å²) >= 11 is 0. The van der Waals surface area contributed by atoms with Crippen molar-refractivity contribution < 1.29 is 0 Å². The first-order valence-corrected chi connectivity index (χ1v) is 15.3. The Labute approximate surface area is 225 Å². The van der Waals surface area contributed by atoms with Gasteiger partial charge in [-0.3, -0.25) is 0 Å². The highest BCUT2D eigenvalue weighted by Crippen LogP contribution is 2.37. The molecule has 0 nitrogen and oxygen atoms in total. The highest BCUT2D eigenvalue weighted by Gasteiger charge is 2.24. The van der Waals surface area contributed by atoms with Gasteiger partial charge in [0, 0.05) is 0 Å². The molecule has 0 heterocycles. The zero-order valence-corrected chi connectivity index (χ0v) is 25.9. The molecule has 2 aromatic carbocycles. The van der Waals surface area contributed by atoms with Crippen molar-refractivity contribution in [2.24, 2.45) is 0 Å². The summed E-state index contributed by atoms with van der Waals surface area (Å²) in [6, 6.07) is 12.6. The summed E-state index contributed by atoms with van der Waals surface area (Å²) < 4.78 is 0. The highest BCUT2D eigenvalue weighted by molar-refractivity contribution is 5.45. The van der Waals surface area contributed by atoms with Gasteiger partial charge in [-0.25, -0.2) is 0 Å². The molecule has 0 aliphatic carbocycles. The number of benzene rings is 2. The van der Waals surface area contributed by atoms with Gasteiger partial charge in [-0.15, -0.1) is 0 Å². The summed E-state index contributed by atoms with van der Waals surface area (Å²) in [5.74, 6) is 2.53. The minimum Gasteiger partial charge on any atom is -0.0648 e. The second kappa shape index (κ2) is 13.8. The normalized spacial score (nSPS) is 15.5. The van der Waals surface area contributed by atoms with Gasteiger partial charge >= 0.3 is 0 Å². The van der Waals surface area contributed by atoms with E-state index in [0.717, 1.165) is 0 Å². The third-order valence-electron chi connectivity index (χ3n) is 9.04. The summed E-state index contributed by atoms with van der Waals surface area (Å²) in [6.45, 7) is 26.1. The first-order valence-electron chi connectivity index (χ1n) is 15.3. The van der Waals surface area contributed by atoms with Gasteiger partial charge in [-0.05, 0) is 119 Å². The second-order valence-electron chi connectivity index (χ2n) is 12.8. The topological polar surface area (TPSA) is 0 Å². The monoisotopic (exact) mass is 490 g/mol. The number of aryl methyl sites for hydroxylation is 2. The summed E-state index contributed by atoms with van der Waals surface area (Å²) in [6.07, 6.45) is 9.79. The summed E-state index contributed by atoms with van der Waals surface area (Å²) in [5.41, 5.74) is 11.3. The Balaban J connectivity index is 2.31. The minimum absolute atomic E-state index is 0.187.